The van der Waals surface area contributed by atoms with Gasteiger partial charge in [0.25, 0.3) is 0 Å². The van der Waals surface area contributed by atoms with Gasteiger partial charge < -0.3 is 10.0 Å². The Morgan fingerprint density at radius 3 is 2.56 bits per heavy atom. The molecule has 96 valence electrons. The van der Waals surface area contributed by atoms with E-state index in [-0.39, 0.29) is 11.3 Å². The molecule has 5 nitrogen and oxygen atoms in total. The second-order valence-corrected chi connectivity index (χ2v) is 5.62. The van der Waals surface area contributed by atoms with Crippen LogP contribution in [0, 0.1) is 11.3 Å². The van der Waals surface area contributed by atoms with Gasteiger partial charge >= 0.3 is 5.97 Å². The lowest BCUT2D eigenvalue weighted by Crippen LogP contribution is -2.40. The van der Waals surface area contributed by atoms with E-state index in [9.17, 15) is 9.90 Å². The number of carbonyl (C=O) groups is 1. The molecule has 2 aliphatic rings. The SMILES string of the molecule is O=C(O)C1CN(c2ncc(Cl)cn2)CC12CCC2. The molecule has 2 heterocycles. The van der Waals surface area contributed by atoms with Crippen LogP contribution in [-0.4, -0.2) is 34.1 Å². The first-order valence-electron chi connectivity index (χ1n) is 6.06. The number of anilines is 1. The Morgan fingerprint density at radius 2 is 2.11 bits per heavy atom. The molecule has 1 unspecified atom stereocenters. The van der Waals surface area contributed by atoms with E-state index in [2.05, 4.69) is 9.97 Å². The predicted molar refractivity (Wildman–Crippen MR) is 66.7 cm³/mol. The van der Waals surface area contributed by atoms with Crippen molar-refractivity contribution >= 4 is 23.5 Å². The molecule has 18 heavy (non-hydrogen) atoms. The third-order valence-electron chi connectivity index (χ3n) is 4.18. The molecule has 1 aromatic heterocycles. The lowest BCUT2D eigenvalue weighted by Gasteiger charge is -2.40. The molecule has 0 amide bonds. The molecule has 1 aliphatic heterocycles. The predicted octanol–water partition coefficient (Wildman–Crippen LogP) is 1.82. The minimum Gasteiger partial charge on any atom is -0.481 e. The van der Waals surface area contributed by atoms with E-state index in [1.54, 1.807) is 12.4 Å². The van der Waals surface area contributed by atoms with Gasteiger partial charge in [0.15, 0.2) is 0 Å². The van der Waals surface area contributed by atoms with Gasteiger partial charge in [-0.25, -0.2) is 9.97 Å². The van der Waals surface area contributed by atoms with E-state index in [0.717, 1.165) is 25.8 Å². The van der Waals surface area contributed by atoms with Crippen molar-refractivity contribution in [3.05, 3.63) is 17.4 Å². The normalized spacial score (nSPS) is 25.2. The van der Waals surface area contributed by atoms with Crippen LogP contribution in [-0.2, 0) is 4.79 Å². The van der Waals surface area contributed by atoms with Crippen molar-refractivity contribution in [3.63, 3.8) is 0 Å². The summed E-state index contributed by atoms with van der Waals surface area (Å²) in [6, 6.07) is 0. The van der Waals surface area contributed by atoms with Gasteiger partial charge in [0.1, 0.15) is 0 Å². The minimum absolute atomic E-state index is 0.0607. The first-order valence-corrected chi connectivity index (χ1v) is 6.44. The summed E-state index contributed by atoms with van der Waals surface area (Å²) in [6.45, 7) is 1.24. The number of aromatic nitrogens is 2. The van der Waals surface area contributed by atoms with Crippen molar-refractivity contribution in [2.45, 2.75) is 19.3 Å². The van der Waals surface area contributed by atoms with Crippen LogP contribution in [0.4, 0.5) is 5.95 Å². The third-order valence-corrected chi connectivity index (χ3v) is 4.38. The fourth-order valence-electron chi connectivity index (χ4n) is 3.07. The van der Waals surface area contributed by atoms with Crippen LogP contribution in [0.1, 0.15) is 19.3 Å². The maximum Gasteiger partial charge on any atom is 0.308 e. The highest BCUT2D eigenvalue weighted by atomic mass is 35.5. The number of halogens is 1. The van der Waals surface area contributed by atoms with Gasteiger partial charge in [-0.15, -0.1) is 0 Å². The molecule has 1 aliphatic carbocycles. The summed E-state index contributed by atoms with van der Waals surface area (Å²) >= 11 is 5.75. The largest absolute Gasteiger partial charge is 0.481 e. The molecule has 0 radical (unpaired) electrons. The highest BCUT2D eigenvalue weighted by molar-refractivity contribution is 6.30. The average molecular weight is 268 g/mol. The number of carboxylic acid groups (broad SMARTS) is 1. The Kier molecular flexibility index (Phi) is 2.66. The maximum atomic E-state index is 11.4. The number of rotatable bonds is 2. The highest BCUT2D eigenvalue weighted by Gasteiger charge is 2.54. The van der Waals surface area contributed by atoms with Crippen molar-refractivity contribution < 1.29 is 9.90 Å². The molecular weight excluding hydrogens is 254 g/mol. The van der Waals surface area contributed by atoms with Crippen LogP contribution in [0.15, 0.2) is 12.4 Å². The monoisotopic (exact) mass is 267 g/mol. The van der Waals surface area contributed by atoms with Gasteiger partial charge in [0.05, 0.1) is 23.3 Å². The smallest absolute Gasteiger partial charge is 0.308 e. The van der Waals surface area contributed by atoms with Gasteiger partial charge in [0.2, 0.25) is 5.95 Å². The topological polar surface area (TPSA) is 66.3 Å². The number of hydrogen-bond donors (Lipinski definition) is 1. The Morgan fingerprint density at radius 1 is 1.44 bits per heavy atom. The van der Waals surface area contributed by atoms with Crippen LogP contribution >= 0.6 is 11.6 Å². The first kappa shape index (κ1) is 11.7. The molecule has 1 saturated carbocycles. The summed E-state index contributed by atoms with van der Waals surface area (Å²) in [4.78, 5) is 21.7. The molecule has 0 aromatic carbocycles. The molecule has 3 rings (SSSR count). The Labute approximate surface area is 110 Å². The lowest BCUT2D eigenvalue weighted by molar-refractivity contribution is -0.146. The zero-order valence-electron chi connectivity index (χ0n) is 9.84. The number of nitrogens with zero attached hydrogens (tertiary/aromatic N) is 3. The number of hydrogen-bond acceptors (Lipinski definition) is 4. The minimum atomic E-state index is -0.703. The molecular formula is C12H14ClN3O2. The van der Waals surface area contributed by atoms with Gasteiger partial charge in [0, 0.05) is 18.5 Å². The molecule has 6 heteroatoms. The molecule has 0 bridgehead atoms. The maximum absolute atomic E-state index is 11.4. The van der Waals surface area contributed by atoms with E-state index in [1.165, 1.54) is 0 Å². The summed E-state index contributed by atoms with van der Waals surface area (Å²) < 4.78 is 0. The van der Waals surface area contributed by atoms with E-state index >= 15 is 0 Å². The summed E-state index contributed by atoms with van der Waals surface area (Å²) in [6.07, 6.45) is 6.21. The lowest BCUT2D eigenvalue weighted by atomic mass is 9.63. The molecule has 1 saturated heterocycles. The second kappa shape index (κ2) is 4.09. The van der Waals surface area contributed by atoms with E-state index in [1.807, 2.05) is 4.90 Å². The third kappa shape index (κ3) is 1.73. The van der Waals surface area contributed by atoms with Gasteiger partial charge in [-0.05, 0) is 12.8 Å². The molecule has 1 N–H and O–H groups in total. The summed E-state index contributed by atoms with van der Waals surface area (Å²) in [5, 5.41) is 9.83. The van der Waals surface area contributed by atoms with Crippen LogP contribution in [0.25, 0.3) is 0 Å². The van der Waals surface area contributed by atoms with Crippen LogP contribution < -0.4 is 4.90 Å². The van der Waals surface area contributed by atoms with Crippen molar-refractivity contribution in [1.29, 1.82) is 0 Å². The van der Waals surface area contributed by atoms with Gasteiger partial charge in [-0.3, -0.25) is 4.79 Å². The molecule has 1 aromatic rings. The van der Waals surface area contributed by atoms with E-state index < -0.39 is 5.97 Å². The summed E-state index contributed by atoms with van der Waals surface area (Å²) in [5.74, 6) is -0.425. The van der Waals surface area contributed by atoms with Crippen molar-refractivity contribution in [3.8, 4) is 0 Å². The molecule has 1 spiro atoms. The second-order valence-electron chi connectivity index (χ2n) is 5.19. The average Bonchev–Trinajstić information content (AvgIpc) is 2.70. The van der Waals surface area contributed by atoms with E-state index in [4.69, 9.17) is 11.6 Å². The molecule has 1 atom stereocenters. The van der Waals surface area contributed by atoms with Crippen molar-refractivity contribution in [2.75, 3.05) is 18.0 Å². The van der Waals surface area contributed by atoms with Gasteiger partial charge in [-0.1, -0.05) is 18.0 Å². The van der Waals surface area contributed by atoms with Crippen LogP contribution in [0.5, 0.6) is 0 Å². The Balaban J connectivity index is 1.84. The van der Waals surface area contributed by atoms with Crippen LogP contribution in [0.3, 0.4) is 0 Å². The van der Waals surface area contributed by atoms with Gasteiger partial charge in [-0.2, -0.15) is 0 Å². The fourth-order valence-corrected chi connectivity index (χ4v) is 3.17. The highest BCUT2D eigenvalue weighted by Crippen LogP contribution is 2.52. The first-order chi connectivity index (χ1) is 8.61. The van der Waals surface area contributed by atoms with Crippen LogP contribution in [0.2, 0.25) is 5.02 Å². The van der Waals surface area contributed by atoms with Crippen molar-refractivity contribution in [2.24, 2.45) is 11.3 Å². The zero-order valence-corrected chi connectivity index (χ0v) is 10.6. The number of aliphatic carboxylic acids is 1. The molecule has 2 fully saturated rings. The Hall–Kier alpha value is -1.36. The zero-order chi connectivity index (χ0) is 12.8. The standard InChI is InChI=1S/C12H14ClN3O2/c13-8-4-14-11(15-5-8)16-6-9(10(17)18)12(7-16)2-1-3-12/h4-5,9H,1-3,6-7H2,(H,17,18). The number of carboxylic acids is 1. The Bertz CT molecular complexity index is 473. The summed E-state index contributed by atoms with van der Waals surface area (Å²) in [7, 11) is 0. The summed E-state index contributed by atoms with van der Waals surface area (Å²) in [5.41, 5.74) is -0.0607. The fraction of sp³-hybridized carbons (Fsp3) is 0.583. The van der Waals surface area contributed by atoms with Crippen molar-refractivity contribution in [1.82, 2.24) is 9.97 Å². The van der Waals surface area contributed by atoms with E-state index in [0.29, 0.717) is 17.5 Å². The quantitative estimate of drug-likeness (QED) is 0.885.